The van der Waals surface area contributed by atoms with Gasteiger partial charge in [-0.3, -0.25) is 0 Å². The summed E-state index contributed by atoms with van der Waals surface area (Å²) in [6.07, 6.45) is 5.02. The van der Waals surface area contributed by atoms with Crippen molar-refractivity contribution < 1.29 is 9.13 Å². The van der Waals surface area contributed by atoms with E-state index in [9.17, 15) is 4.39 Å². The summed E-state index contributed by atoms with van der Waals surface area (Å²) in [5.74, 6) is 0.601. The molecule has 0 radical (unpaired) electrons. The maximum absolute atomic E-state index is 13.0. The number of benzene rings is 1. The second-order valence-electron chi connectivity index (χ2n) is 5.04. The van der Waals surface area contributed by atoms with Crippen molar-refractivity contribution in [3.8, 4) is 5.75 Å². The Bertz CT molecular complexity index is 386. The molecular formula is C14H18BrFO. The summed E-state index contributed by atoms with van der Waals surface area (Å²) in [6.45, 7) is 2.61. The van der Waals surface area contributed by atoms with Crippen molar-refractivity contribution in [3.05, 3.63) is 29.6 Å². The van der Waals surface area contributed by atoms with Crippen LogP contribution in [0.25, 0.3) is 0 Å². The standard InChI is InChI=1S/C14H18BrFO/c1-11-8-12(16)4-5-13(11)17-10-14(9-15)6-2-3-7-14/h4-5,8H,2-3,6-7,9-10H2,1H3. The van der Waals surface area contributed by atoms with Gasteiger partial charge in [0.25, 0.3) is 0 Å². The molecule has 94 valence electrons. The van der Waals surface area contributed by atoms with Crippen molar-refractivity contribution in [1.82, 2.24) is 0 Å². The van der Waals surface area contributed by atoms with Crippen molar-refractivity contribution in [2.75, 3.05) is 11.9 Å². The van der Waals surface area contributed by atoms with Crippen molar-refractivity contribution in [3.63, 3.8) is 0 Å². The highest BCUT2D eigenvalue weighted by Crippen LogP contribution is 2.40. The molecule has 1 aliphatic rings. The minimum absolute atomic E-state index is 0.203. The van der Waals surface area contributed by atoms with Crippen LogP contribution in [0, 0.1) is 18.2 Å². The lowest BCUT2D eigenvalue weighted by Gasteiger charge is -2.26. The number of halogens is 2. The Morgan fingerprint density at radius 2 is 2.06 bits per heavy atom. The monoisotopic (exact) mass is 300 g/mol. The van der Waals surface area contributed by atoms with E-state index in [1.807, 2.05) is 6.92 Å². The summed E-state index contributed by atoms with van der Waals surface area (Å²) in [7, 11) is 0. The van der Waals surface area contributed by atoms with Gasteiger partial charge in [0.1, 0.15) is 11.6 Å². The molecule has 0 atom stereocenters. The first-order valence-corrected chi connectivity index (χ1v) is 7.22. The fourth-order valence-electron chi connectivity index (χ4n) is 2.45. The highest BCUT2D eigenvalue weighted by Gasteiger charge is 2.33. The molecule has 17 heavy (non-hydrogen) atoms. The fraction of sp³-hybridized carbons (Fsp3) is 0.571. The van der Waals surface area contributed by atoms with Crippen LogP contribution in [0.2, 0.25) is 0 Å². The highest BCUT2D eigenvalue weighted by atomic mass is 79.9. The molecule has 0 bridgehead atoms. The van der Waals surface area contributed by atoms with Gasteiger partial charge in [-0.25, -0.2) is 4.39 Å². The van der Waals surface area contributed by atoms with Crippen LogP contribution in [0.4, 0.5) is 4.39 Å². The summed E-state index contributed by atoms with van der Waals surface area (Å²) in [4.78, 5) is 0. The molecule has 1 aromatic rings. The first-order valence-electron chi connectivity index (χ1n) is 6.10. The number of rotatable bonds is 4. The Hall–Kier alpha value is -0.570. The first kappa shape index (κ1) is 12.9. The van der Waals surface area contributed by atoms with Crippen LogP contribution in [0.1, 0.15) is 31.2 Å². The van der Waals surface area contributed by atoms with Gasteiger partial charge in [0.15, 0.2) is 0 Å². The third-order valence-corrected chi connectivity index (χ3v) is 4.81. The summed E-state index contributed by atoms with van der Waals surface area (Å²) in [5.41, 5.74) is 1.15. The fourth-order valence-corrected chi connectivity index (χ4v) is 3.17. The Morgan fingerprint density at radius 3 is 2.65 bits per heavy atom. The van der Waals surface area contributed by atoms with E-state index in [1.165, 1.54) is 37.8 Å². The molecule has 1 fully saturated rings. The maximum Gasteiger partial charge on any atom is 0.123 e. The van der Waals surface area contributed by atoms with Crippen molar-refractivity contribution in [1.29, 1.82) is 0 Å². The Morgan fingerprint density at radius 1 is 1.35 bits per heavy atom. The molecule has 0 heterocycles. The third-order valence-electron chi connectivity index (χ3n) is 3.62. The number of hydrogen-bond acceptors (Lipinski definition) is 1. The quantitative estimate of drug-likeness (QED) is 0.746. The first-order chi connectivity index (χ1) is 8.15. The summed E-state index contributed by atoms with van der Waals surface area (Å²) < 4.78 is 18.8. The molecule has 0 amide bonds. The molecule has 3 heteroatoms. The van der Waals surface area contributed by atoms with E-state index >= 15 is 0 Å². The lowest BCUT2D eigenvalue weighted by atomic mass is 9.90. The smallest absolute Gasteiger partial charge is 0.123 e. The Labute approximate surface area is 110 Å². The Kier molecular flexibility index (Phi) is 4.08. The molecule has 1 nitrogen and oxygen atoms in total. The zero-order valence-electron chi connectivity index (χ0n) is 10.1. The zero-order valence-corrected chi connectivity index (χ0v) is 11.7. The minimum Gasteiger partial charge on any atom is -0.493 e. The van der Waals surface area contributed by atoms with Crippen LogP contribution >= 0.6 is 15.9 Å². The molecule has 1 saturated carbocycles. The lowest BCUT2D eigenvalue weighted by molar-refractivity contribution is 0.173. The predicted octanol–water partition coefficient (Wildman–Crippen LogP) is 4.47. The predicted molar refractivity (Wildman–Crippen MR) is 71.3 cm³/mol. The molecule has 0 N–H and O–H groups in total. The van der Waals surface area contributed by atoms with Crippen molar-refractivity contribution >= 4 is 15.9 Å². The molecule has 0 aromatic heterocycles. The van der Waals surface area contributed by atoms with Crippen molar-refractivity contribution in [2.24, 2.45) is 5.41 Å². The molecule has 2 rings (SSSR count). The van der Waals surface area contributed by atoms with Gasteiger partial charge in [-0.15, -0.1) is 0 Å². The maximum atomic E-state index is 13.0. The average molecular weight is 301 g/mol. The van der Waals surface area contributed by atoms with Gasteiger partial charge in [0.2, 0.25) is 0 Å². The van der Waals surface area contributed by atoms with Crippen LogP contribution in [0.3, 0.4) is 0 Å². The number of alkyl halides is 1. The van der Waals surface area contributed by atoms with E-state index in [2.05, 4.69) is 15.9 Å². The molecule has 0 aliphatic heterocycles. The van der Waals surface area contributed by atoms with Crippen LogP contribution in [0.5, 0.6) is 5.75 Å². The highest BCUT2D eigenvalue weighted by molar-refractivity contribution is 9.09. The number of hydrogen-bond donors (Lipinski definition) is 0. The molecule has 1 aromatic carbocycles. The molecular weight excluding hydrogens is 283 g/mol. The second-order valence-corrected chi connectivity index (χ2v) is 5.60. The largest absolute Gasteiger partial charge is 0.493 e. The minimum atomic E-state index is -0.203. The topological polar surface area (TPSA) is 9.23 Å². The normalized spacial score (nSPS) is 18.3. The zero-order chi connectivity index (χ0) is 12.3. The molecule has 0 unspecified atom stereocenters. The van der Waals surface area contributed by atoms with Crippen molar-refractivity contribution in [2.45, 2.75) is 32.6 Å². The number of aryl methyl sites for hydroxylation is 1. The summed E-state index contributed by atoms with van der Waals surface area (Å²) in [6, 6.07) is 4.70. The van der Waals surface area contributed by atoms with Gasteiger partial charge in [-0.1, -0.05) is 28.8 Å². The second kappa shape index (κ2) is 5.38. The number of ether oxygens (including phenoxy) is 1. The van der Waals surface area contributed by atoms with Gasteiger partial charge in [-0.05, 0) is 43.5 Å². The molecule has 1 aliphatic carbocycles. The van der Waals surface area contributed by atoms with Crippen LogP contribution in [-0.2, 0) is 0 Å². The van der Waals surface area contributed by atoms with Crippen LogP contribution in [-0.4, -0.2) is 11.9 Å². The third kappa shape index (κ3) is 3.01. The van der Waals surface area contributed by atoms with Gasteiger partial charge in [-0.2, -0.15) is 0 Å². The van der Waals surface area contributed by atoms with Gasteiger partial charge in [0, 0.05) is 10.7 Å². The average Bonchev–Trinajstić information content (AvgIpc) is 2.77. The van der Waals surface area contributed by atoms with E-state index < -0.39 is 0 Å². The van der Waals surface area contributed by atoms with Gasteiger partial charge in [0.05, 0.1) is 6.61 Å². The van der Waals surface area contributed by atoms with E-state index in [-0.39, 0.29) is 11.2 Å². The molecule has 0 saturated heterocycles. The van der Waals surface area contributed by atoms with Crippen LogP contribution in [0.15, 0.2) is 18.2 Å². The van der Waals surface area contributed by atoms with E-state index in [4.69, 9.17) is 4.74 Å². The van der Waals surface area contributed by atoms with Gasteiger partial charge >= 0.3 is 0 Å². The Balaban J connectivity index is 2.01. The summed E-state index contributed by atoms with van der Waals surface area (Å²) in [5, 5.41) is 0.986. The SMILES string of the molecule is Cc1cc(F)ccc1OCC1(CBr)CCCC1. The molecule has 0 spiro atoms. The van der Waals surface area contributed by atoms with E-state index in [0.717, 1.165) is 23.2 Å². The lowest BCUT2D eigenvalue weighted by Crippen LogP contribution is -2.27. The van der Waals surface area contributed by atoms with E-state index in [0.29, 0.717) is 0 Å². The summed E-state index contributed by atoms with van der Waals surface area (Å²) >= 11 is 3.60. The van der Waals surface area contributed by atoms with E-state index in [1.54, 1.807) is 6.07 Å². The van der Waals surface area contributed by atoms with Gasteiger partial charge < -0.3 is 4.74 Å². The van der Waals surface area contributed by atoms with Crippen LogP contribution < -0.4 is 4.74 Å².